The molecule has 0 aromatic carbocycles. The van der Waals surface area contributed by atoms with Gasteiger partial charge in [-0.1, -0.05) is 41.5 Å². The average Bonchev–Trinajstić information content (AvgIpc) is 2.44. The van der Waals surface area contributed by atoms with Crippen molar-refractivity contribution in [1.29, 1.82) is 0 Å². The quantitative estimate of drug-likeness (QED) is 0.450. The minimum absolute atomic E-state index is 0.0756. The third-order valence-corrected chi connectivity index (χ3v) is 3.76. The van der Waals surface area contributed by atoms with Crippen LogP contribution in [-0.4, -0.2) is 9.94 Å². The van der Waals surface area contributed by atoms with Crippen LogP contribution in [0.5, 0.6) is 0 Å². The van der Waals surface area contributed by atoms with E-state index < -0.39 is 0 Å². The van der Waals surface area contributed by atoms with Crippen LogP contribution in [0.25, 0.3) is 0 Å². The van der Waals surface area contributed by atoms with E-state index in [0.29, 0.717) is 10.4 Å². The first-order chi connectivity index (χ1) is 11.2. The first kappa shape index (κ1) is 20.7. The lowest BCUT2D eigenvalue weighted by Gasteiger charge is -2.20. The lowest BCUT2D eigenvalue weighted by molar-refractivity contribution is -0.617. The second-order valence-corrected chi connectivity index (χ2v) is 8.48. The van der Waals surface area contributed by atoms with Crippen molar-refractivity contribution in [1.82, 2.24) is 4.73 Å². The number of rotatable bonds is 0. The van der Waals surface area contributed by atoms with E-state index in [4.69, 9.17) is 0 Å². The topological polar surface area (TPSA) is 69.2 Å². The van der Waals surface area contributed by atoms with E-state index in [0.717, 1.165) is 21.6 Å². The minimum Gasteiger partial charge on any atom is -0.618 e. The average molecular weight is 346 g/mol. The first-order valence-corrected chi connectivity index (χ1v) is 8.37. The molecule has 2 aromatic heterocycles. The molecule has 0 aliphatic rings. The van der Waals surface area contributed by atoms with Gasteiger partial charge in [-0.25, -0.2) is 0 Å². The Hall–Kier alpha value is -2.30. The Balaban J connectivity index is 0.000000251. The number of hydrogen-bond donors (Lipinski definition) is 1. The molecule has 0 aliphatic heterocycles. The molecule has 2 heterocycles. The summed E-state index contributed by atoms with van der Waals surface area (Å²) in [5.74, 6) is 0. The summed E-state index contributed by atoms with van der Waals surface area (Å²) < 4.78 is 1.65. The summed E-state index contributed by atoms with van der Waals surface area (Å²) in [5.41, 5.74) is 2.80. The van der Waals surface area contributed by atoms with Gasteiger partial charge in [0.25, 0.3) is 5.56 Å². The molecular weight excluding hydrogens is 316 g/mol. The third-order valence-electron chi connectivity index (χ3n) is 3.76. The predicted molar refractivity (Wildman–Crippen MR) is 100 cm³/mol. The van der Waals surface area contributed by atoms with Crippen molar-refractivity contribution >= 4 is 0 Å². The lowest BCUT2D eigenvalue weighted by Crippen LogP contribution is -2.37. The van der Waals surface area contributed by atoms with Crippen molar-refractivity contribution in [2.75, 3.05) is 0 Å². The van der Waals surface area contributed by atoms with Gasteiger partial charge in [-0.2, -0.15) is 9.46 Å². The van der Waals surface area contributed by atoms with Crippen LogP contribution in [0, 0.1) is 19.1 Å². The zero-order chi connectivity index (χ0) is 19.6. The van der Waals surface area contributed by atoms with Crippen molar-refractivity contribution in [3.63, 3.8) is 0 Å². The van der Waals surface area contributed by atoms with Gasteiger partial charge >= 0.3 is 0 Å². The van der Waals surface area contributed by atoms with E-state index in [-0.39, 0.29) is 16.4 Å². The second-order valence-electron chi connectivity index (χ2n) is 8.48. The van der Waals surface area contributed by atoms with Crippen LogP contribution in [0.15, 0.2) is 35.3 Å². The zero-order valence-corrected chi connectivity index (χ0v) is 16.5. The van der Waals surface area contributed by atoms with Gasteiger partial charge in [-0.05, 0) is 31.0 Å². The van der Waals surface area contributed by atoms with Gasteiger partial charge in [-0.15, -0.1) is 0 Å². The smallest absolute Gasteiger partial charge is 0.283 e. The first-order valence-electron chi connectivity index (χ1n) is 8.37. The molecule has 0 radical (unpaired) electrons. The fourth-order valence-corrected chi connectivity index (χ4v) is 2.37. The molecule has 2 rings (SSSR count). The standard InChI is InChI=1S/C10H15NO2.C10H15NO/c1-7-5-8(10(2,3)4)11(13)9(12)6-7;1-8-5-6-11(12)9(7-8)10(2,3)4/h5-6,13H,1-4H3;5-7H,1-4H3. The van der Waals surface area contributed by atoms with E-state index in [1.54, 1.807) is 6.20 Å². The van der Waals surface area contributed by atoms with Crippen LogP contribution >= 0.6 is 0 Å². The van der Waals surface area contributed by atoms with Crippen molar-refractivity contribution in [3.8, 4) is 0 Å². The normalized spacial score (nSPS) is 11.7. The van der Waals surface area contributed by atoms with Crippen molar-refractivity contribution in [2.24, 2.45) is 0 Å². The Morgan fingerprint density at radius 2 is 1.52 bits per heavy atom. The van der Waals surface area contributed by atoms with Gasteiger partial charge in [0.2, 0.25) is 0 Å². The molecule has 0 saturated heterocycles. The molecule has 0 atom stereocenters. The van der Waals surface area contributed by atoms with Gasteiger partial charge in [0.1, 0.15) is 0 Å². The highest BCUT2D eigenvalue weighted by Crippen LogP contribution is 2.20. The van der Waals surface area contributed by atoms with Crippen LogP contribution in [0.1, 0.15) is 64.1 Å². The van der Waals surface area contributed by atoms with Gasteiger partial charge in [0.05, 0.1) is 5.69 Å². The summed E-state index contributed by atoms with van der Waals surface area (Å²) >= 11 is 0. The molecule has 5 heteroatoms. The Kier molecular flexibility index (Phi) is 6.05. The van der Waals surface area contributed by atoms with Crippen LogP contribution in [-0.2, 0) is 10.8 Å². The zero-order valence-electron chi connectivity index (χ0n) is 16.5. The Bertz CT molecular complexity index is 794. The third kappa shape index (κ3) is 5.62. The summed E-state index contributed by atoms with van der Waals surface area (Å²) in [6.45, 7) is 15.8. The second kappa shape index (κ2) is 7.30. The number of pyridine rings is 2. The SMILES string of the molecule is Cc1cc(C(C)(C)C)n(O)c(=O)c1.Cc1cc[n+]([O-])c(C(C)(C)C)c1. The number of aromatic nitrogens is 2. The van der Waals surface area contributed by atoms with Crippen LogP contribution < -0.4 is 10.3 Å². The summed E-state index contributed by atoms with van der Waals surface area (Å²) in [6, 6.07) is 6.99. The Morgan fingerprint density at radius 3 is 1.96 bits per heavy atom. The number of hydrogen-bond acceptors (Lipinski definition) is 3. The molecule has 2 aromatic rings. The summed E-state index contributed by atoms with van der Waals surface area (Å²) in [7, 11) is 0. The lowest BCUT2D eigenvalue weighted by atomic mass is 9.91. The Labute approximate surface area is 150 Å². The molecule has 1 N–H and O–H groups in total. The largest absolute Gasteiger partial charge is 0.618 e. The molecule has 5 nitrogen and oxygen atoms in total. The highest BCUT2D eigenvalue weighted by molar-refractivity contribution is 5.21. The minimum atomic E-state index is -0.370. The maximum atomic E-state index is 11.3. The molecule has 0 aliphatic carbocycles. The van der Waals surface area contributed by atoms with E-state index in [9.17, 15) is 15.2 Å². The van der Waals surface area contributed by atoms with Crippen LogP contribution in [0.4, 0.5) is 0 Å². The summed E-state index contributed by atoms with van der Waals surface area (Å²) in [5, 5.41) is 20.8. The van der Waals surface area contributed by atoms with Gasteiger partial charge < -0.3 is 10.4 Å². The van der Waals surface area contributed by atoms with Crippen molar-refractivity contribution < 1.29 is 9.94 Å². The van der Waals surface area contributed by atoms with Crippen LogP contribution in [0.3, 0.4) is 0 Å². The Morgan fingerprint density at radius 1 is 0.960 bits per heavy atom. The van der Waals surface area contributed by atoms with E-state index >= 15 is 0 Å². The molecule has 0 bridgehead atoms. The molecular formula is C20H30N2O3. The molecule has 25 heavy (non-hydrogen) atoms. The molecule has 0 spiro atoms. The van der Waals surface area contributed by atoms with E-state index in [1.807, 2.05) is 73.6 Å². The molecule has 0 amide bonds. The molecule has 0 unspecified atom stereocenters. The highest BCUT2D eigenvalue weighted by atomic mass is 16.5. The van der Waals surface area contributed by atoms with Gasteiger partial charge in [0, 0.05) is 29.0 Å². The summed E-state index contributed by atoms with van der Waals surface area (Å²) in [6.07, 6.45) is 1.57. The van der Waals surface area contributed by atoms with Crippen molar-refractivity contribution in [2.45, 2.75) is 66.2 Å². The molecule has 0 fully saturated rings. The van der Waals surface area contributed by atoms with Crippen LogP contribution in [0.2, 0.25) is 0 Å². The highest BCUT2D eigenvalue weighted by Gasteiger charge is 2.22. The molecule has 138 valence electrons. The monoisotopic (exact) mass is 346 g/mol. The maximum Gasteiger partial charge on any atom is 0.283 e. The van der Waals surface area contributed by atoms with E-state index in [1.165, 1.54) is 6.07 Å². The fourth-order valence-electron chi connectivity index (χ4n) is 2.37. The predicted octanol–water partition coefficient (Wildman–Crippen LogP) is 3.62. The summed E-state index contributed by atoms with van der Waals surface area (Å²) in [4.78, 5) is 11.2. The van der Waals surface area contributed by atoms with Crippen molar-refractivity contribution in [3.05, 3.63) is 68.5 Å². The van der Waals surface area contributed by atoms with E-state index in [2.05, 4.69) is 0 Å². The van der Waals surface area contributed by atoms with Gasteiger partial charge in [0.15, 0.2) is 11.9 Å². The molecule has 0 saturated carbocycles. The number of aryl methyl sites for hydroxylation is 2. The van der Waals surface area contributed by atoms with Gasteiger partial charge in [-0.3, -0.25) is 4.79 Å². The maximum absolute atomic E-state index is 11.3. The number of nitrogens with zero attached hydrogens (tertiary/aromatic N) is 2. The fraction of sp³-hybridized carbons (Fsp3) is 0.500.